The molecular formula is C55H38N2. The van der Waals surface area contributed by atoms with Crippen LogP contribution in [-0.4, -0.2) is 9.13 Å². The lowest BCUT2D eigenvalue weighted by atomic mass is 9.65. The smallest absolute Gasteiger partial charge is 0.0702 e. The molecule has 0 saturated heterocycles. The third-order valence-electron chi connectivity index (χ3n) is 11.9. The number of benzene rings is 9. The average molecular weight is 727 g/mol. The van der Waals surface area contributed by atoms with Gasteiger partial charge in [-0.05, 0) is 88.0 Å². The van der Waals surface area contributed by atoms with Gasteiger partial charge in [0.2, 0.25) is 0 Å². The van der Waals surface area contributed by atoms with Crippen LogP contribution in [0.25, 0.3) is 66.1 Å². The number of para-hydroxylation sites is 3. The zero-order valence-electron chi connectivity index (χ0n) is 31.3. The fourth-order valence-electron chi connectivity index (χ4n) is 9.36. The van der Waals surface area contributed by atoms with E-state index in [1.54, 1.807) is 0 Å². The van der Waals surface area contributed by atoms with E-state index in [1.807, 2.05) is 0 Å². The Hall–Kier alpha value is -7.42. The topological polar surface area (TPSA) is 9.86 Å². The second kappa shape index (κ2) is 13.4. The standard InChI is InChI=1S/C55H38N2/c1-5-17-41(18-6-1)55(42-19-7-2-8-20-42,43-21-9-3-10-22-43)44-32-35-49-50-37-40(31-36-53(50)57(54(49)38-44)45-23-11-4-12-24-45)39-29-33-46(34-30-39)56-51-27-15-13-25-47(51)48-26-14-16-28-52(48)56/h1-38H. The van der Waals surface area contributed by atoms with Crippen LogP contribution in [0.15, 0.2) is 231 Å². The van der Waals surface area contributed by atoms with E-state index >= 15 is 0 Å². The largest absolute Gasteiger partial charge is 0.309 e. The highest BCUT2D eigenvalue weighted by Gasteiger charge is 2.38. The Morgan fingerprint density at radius 3 is 1.23 bits per heavy atom. The van der Waals surface area contributed by atoms with Gasteiger partial charge in [-0.2, -0.15) is 0 Å². The molecule has 0 N–H and O–H groups in total. The van der Waals surface area contributed by atoms with E-state index in [0.29, 0.717) is 0 Å². The SMILES string of the molecule is c1ccc(-n2c3ccc(-c4ccc(-n5c6ccccc6c6ccccc65)cc4)cc3c3ccc(C(c4ccccc4)(c4ccccc4)c4ccccc4)cc32)cc1. The third-order valence-corrected chi connectivity index (χ3v) is 11.9. The Bertz CT molecular complexity index is 3040. The van der Waals surface area contributed by atoms with E-state index < -0.39 is 5.41 Å². The number of hydrogen-bond acceptors (Lipinski definition) is 0. The van der Waals surface area contributed by atoms with Crippen molar-refractivity contribution in [3.05, 3.63) is 253 Å². The summed E-state index contributed by atoms with van der Waals surface area (Å²) in [5, 5.41) is 5.00. The molecular weight excluding hydrogens is 689 g/mol. The minimum absolute atomic E-state index is 0.542. The number of rotatable bonds is 7. The van der Waals surface area contributed by atoms with Crippen LogP contribution in [0.2, 0.25) is 0 Å². The summed E-state index contributed by atoms with van der Waals surface area (Å²) >= 11 is 0. The molecule has 0 saturated carbocycles. The van der Waals surface area contributed by atoms with Gasteiger partial charge in [0.15, 0.2) is 0 Å². The molecule has 2 heterocycles. The fraction of sp³-hybridized carbons (Fsp3) is 0.0182. The fourth-order valence-corrected chi connectivity index (χ4v) is 9.36. The van der Waals surface area contributed by atoms with Crippen molar-refractivity contribution in [3.63, 3.8) is 0 Å². The molecule has 0 atom stereocenters. The molecule has 0 fully saturated rings. The minimum Gasteiger partial charge on any atom is -0.309 e. The first kappa shape index (κ1) is 33.0. The molecule has 0 bridgehead atoms. The van der Waals surface area contributed by atoms with Crippen LogP contribution >= 0.6 is 0 Å². The lowest BCUT2D eigenvalue weighted by molar-refractivity contribution is 0.746. The van der Waals surface area contributed by atoms with Crippen LogP contribution in [0.3, 0.4) is 0 Å². The van der Waals surface area contributed by atoms with Crippen molar-refractivity contribution in [2.24, 2.45) is 0 Å². The Balaban J connectivity index is 1.11. The normalized spacial score (nSPS) is 11.9. The molecule has 0 radical (unpaired) electrons. The Morgan fingerprint density at radius 1 is 0.246 bits per heavy atom. The van der Waals surface area contributed by atoms with Crippen molar-refractivity contribution in [3.8, 4) is 22.5 Å². The van der Waals surface area contributed by atoms with Gasteiger partial charge in [-0.15, -0.1) is 0 Å². The minimum atomic E-state index is -0.542. The van der Waals surface area contributed by atoms with Gasteiger partial charge >= 0.3 is 0 Å². The third kappa shape index (κ3) is 5.18. The molecule has 11 rings (SSSR count). The number of fused-ring (bicyclic) bond motifs is 6. The van der Waals surface area contributed by atoms with E-state index in [4.69, 9.17) is 0 Å². The van der Waals surface area contributed by atoms with Crippen LogP contribution in [0, 0.1) is 0 Å². The lowest BCUT2D eigenvalue weighted by Gasteiger charge is -2.37. The van der Waals surface area contributed by atoms with Crippen LogP contribution < -0.4 is 0 Å². The molecule has 0 amide bonds. The molecule has 2 nitrogen and oxygen atoms in total. The Morgan fingerprint density at radius 2 is 0.667 bits per heavy atom. The summed E-state index contributed by atoms with van der Waals surface area (Å²) < 4.78 is 4.82. The van der Waals surface area contributed by atoms with Crippen LogP contribution in [0.4, 0.5) is 0 Å². The van der Waals surface area contributed by atoms with E-state index in [2.05, 4.69) is 240 Å². The Labute approximate surface area is 332 Å². The van der Waals surface area contributed by atoms with E-state index in [1.165, 1.54) is 77.0 Å². The average Bonchev–Trinajstić information content (AvgIpc) is 3.80. The maximum absolute atomic E-state index is 2.44. The van der Waals surface area contributed by atoms with Gasteiger partial charge in [0, 0.05) is 32.9 Å². The number of nitrogens with zero attached hydrogens (tertiary/aromatic N) is 2. The predicted molar refractivity (Wildman–Crippen MR) is 239 cm³/mol. The van der Waals surface area contributed by atoms with Crippen LogP contribution in [0.1, 0.15) is 22.3 Å². The molecule has 0 aliphatic carbocycles. The zero-order chi connectivity index (χ0) is 37.8. The first-order chi connectivity index (χ1) is 28.3. The molecule has 0 unspecified atom stereocenters. The molecule has 268 valence electrons. The van der Waals surface area contributed by atoms with Crippen molar-refractivity contribution in [1.82, 2.24) is 9.13 Å². The first-order valence-electron chi connectivity index (χ1n) is 19.7. The van der Waals surface area contributed by atoms with Gasteiger partial charge in [-0.1, -0.05) is 176 Å². The summed E-state index contributed by atoms with van der Waals surface area (Å²) in [6, 6.07) is 84.2. The molecule has 11 aromatic rings. The monoisotopic (exact) mass is 726 g/mol. The van der Waals surface area contributed by atoms with Gasteiger partial charge in [0.25, 0.3) is 0 Å². The maximum atomic E-state index is 2.44. The van der Waals surface area contributed by atoms with Crippen molar-refractivity contribution in [2.75, 3.05) is 0 Å². The lowest BCUT2D eigenvalue weighted by Crippen LogP contribution is -2.31. The maximum Gasteiger partial charge on any atom is 0.0702 e. The molecule has 0 aliphatic heterocycles. The summed E-state index contributed by atoms with van der Waals surface area (Å²) in [6.45, 7) is 0. The summed E-state index contributed by atoms with van der Waals surface area (Å²) in [6.07, 6.45) is 0. The van der Waals surface area contributed by atoms with E-state index in [0.717, 1.165) is 11.4 Å². The van der Waals surface area contributed by atoms with Crippen molar-refractivity contribution < 1.29 is 0 Å². The van der Waals surface area contributed by atoms with E-state index in [9.17, 15) is 0 Å². The van der Waals surface area contributed by atoms with Crippen molar-refractivity contribution in [1.29, 1.82) is 0 Å². The van der Waals surface area contributed by atoms with Gasteiger partial charge in [0.05, 0.1) is 27.5 Å². The summed E-state index contributed by atoms with van der Waals surface area (Å²) in [5.74, 6) is 0. The second-order valence-electron chi connectivity index (χ2n) is 14.9. The summed E-state index contributed by atoms with van der Waals surface area (Å²) in [5.41, 5.74) is 13.9. The molecule has 0 aliphatic rings. The van der Waals surface area contributed by atoms with Gasteiger partial charge in [0.1, 0.15) is 0 Å². The summed E-state index contributed by atoms with van der Waals surface area (Å²) in [7, 11) is 0. The second-order valence-corrected chi connectivity index (χ2v) is 14.9. The highest BCUT2D eigenvalue weighted by molar-refractivity contribution is 6.11. The molecule has 2 aromatic heterocycles. The van der Waals surface area contributed by atoms with Crippen LogP contribution in [0.5, 0.6) is 0 Å². The highest BCUT2D eigenvalue weighted by Crippen LogP contribution is 2.47. The van der Waals surface area contributed by atoms with Gasteiger partial charge in [-0.3, -0.25) is 0 Å². The summed E-state index contributed by atoms with van der Waals surface area (Å²) in [4.78, 5) is 0. The number of aromatic nitrogens is 2. The van der Waals surface area contributed by atoms with E-state index in [-0.39, 0.29) is 0 Å². The zero-order valence-corrected chi connectivity index (χ0v) is 31.3. The molecule has 57 heavy (non-hydrogen) atoms. The first-order valence-corrected chi connectivity index (χ1v) is 19.7. The van der Waals surface area contributed by atoms with Crippen molar-refractivity contribution in [2.45, 2.75) is 5.41 Å². The van der Waals surface area contributed by atoms with Crippen LogP contribution in [-0.2, 0) is 5.41 Å². The quantitative estimate of drug-likeness (QED) is 0.145. The molecule has 9 aromatic carbocycles. The molecule has 2 heteroatoms. The number of hydrogen-bond donors (Lipinski definition) is 0. The predicted octanol–water partition coefficient (Wildman–Crippen LogP) is 13.9. The Kier molecular flexibility index (Phi) is 7.75. The van der Waals surface area contributed by atoms with Crippen molar-refractivity contribution >= 4 is 43.6 Å². The highest BCUT2D eigenvalue weighted by atomic mass is 15.0. The van der Waals surface area contributed by atoms with Gasteiger partial charge in [-0.25, -0.2) is 0 Å². The van der Waals surface area contributed by atoms with Gasteiger partial charge < -0.3 is 9.13 Å². The molecule has 0 spiro atoms.